The number of nitrogens with one attached hydrogen (secondary N) is 3. The second kappa shape index (κ2) is 14.2. The summed E-state index contributed by atoms with van der Waals surface area (Å²) in [5, 5.41) is 9.17. The lowest BCUT2D eigenvalue weighted by atomic mass is 10.0. The Morgan fingerprint density at radius 3 is 2.40 bits per heavy atom. The van der Waals surface area contributed by atoms with Crippen molar-refractivity contribution in [1.82, 2.24) is 20.9 Å². The van der Waals surface area contributed by atoms with Gasteiger partial charge in [0.15, 0.2) is 0 Å². The molecule has 4 atom stereocenters. The topological polar surface area (TPSA) is 131 Å². The van der Waals surface area contributed by atoms with E-state index < -0.39 is 24.0 Å². The van der Waals surface area contributed by atoms with Crippen LogP contribution in [0.25, 0.3) is 0 Å². The summed E-state index contributed by atoms with van der Waals surface area (Å²) < 4.78 is 19.7. The molecule has 1 aliphatic carbocycles. The third-order valence-corrected chi connectivity index (χ3v) is 7.50. The fourth-order valence-electron chi connectivity index (χ4n) is 4.82. The first kappa shape index (κ1) is 31.0. The van der Waals surface area contributed by atoms with Crippen molar-refractivity contribution in [3.8, 4) is 5.75 Å². The molecule has 5 N–H and O–H groups in total. The fraction of sp³-hybridized carbons (Fsp3) is 0.500. The van der Waals surface area contributed by atoms with E-state index in [1.807, 2.05) is 31.2 Å². The van der Waals surface area contributed by atoms with E-state index in [4.69, 9.17) is 4.74 Å². The minimum atomic E-state index is -0.873. The van der Waals surface area contributed by atoms with Gasteiger partial charge in [0.25, 0.3) is 0 Å². The van der Waals surface area contributed by atoms with Gasteiger partial charge in [0.05, 0.1) is 6.04 Å². The third-order valence-electron chi connectivity index (χ3n) is 7.50. The highest BCUT2D eigenvalue weighted by Gasteiger charge is 2.39. The van der Waals surface area contributed by atoms with Crippen LogP contribution in [0.15, 0.2) is 48.5 Å². The highest BCUT2D eigenvalue weighted by atomic mass is 19.1. The lowest BCUT2D eigenvalue weighted by Gasteiger charge is -2.31. The average molecular weight is 557 g/mol. The minimum Gasteiger partial charge on any atom is -0.489 e. The molecule has 3 amide bonds. The second-order valence-corrected chi connectivity index (χ2v) is 10.7. The Labute approximate surface area is 235 Å². The smallest absolute Gasteiger partial charge is 0.243 e. The summed E-state index contributed by atoms with van der Waals surface area (Å²) in [6, 6.07) is 11.6. The van der Waals surface area contributed by atoms with Crippen LogP contribution in [0.2, 0.25) is 0 Å². The Kier molecular flexibility index (Phi) is 11.0. The number of aryl methyl sites for hydroxylation is 1. The van der Waals surface area contributed by atoms with Gasteiger partial charge in [-0.25, -0.2) is 4.39 Å². The molecule has 2 aliphatic rings. The Bertz CT molecular complexity index is 1160. The molecule has 1 saturated carbocycles. The van der Waals surface area contributed by atoms with Crippen LogP contribution in [0, 0.1) is 11.7 Å². The molecule has 218 valence electrons. The summed E-state index contributed by atoms with van der Waals surface area (Å²) in [5.41, 5.74) is 1.76. The Hall–Kier alpha value is -3.50. The minimum absolute atomic E-state index is 0. The number of benzene rings is 2. The predicted octanol–water partition coefficient (Wildman–Crippen LogP) is 1.77. The van der Waals surface area contributed by atoms with Gasteiger partial charge in [0.2, 0.25) is 17.7 Å². The molecule has 0 radical (unpaired) electrons. The summed E-state index contributed by atoms with van der Waals surface area (Å²) in [4.78, 5) is 41.4. The number of rotatable bonds is 3. The maximum Gasteiger partial charge on any atom is 0.243 e. The van der Waals surface area contributed by atoms with Gasteiger partial charge in [0, 0.05) is 26.6 Å². The Balaban J connectivity index is 0.00000441. The Morgan fingerprint density at radius 1 is 1.00 bits per heavy atom. The van der Waals surface area contributed by atoms with Crippen molar-refractivity contribution in [1.29, 1.82) is 0 Å². The number of para-hydroxylation sites is 1. The van der Waals surface area contributed by atoms with Crippen molar-refractivity contribution in [3.63, 3.8) is 0 Å². The van der Waals surface area contributed by atoms with E-state index in [9.17, 15) is 18.8 Å². The van der Waals surface area contributed by atoms with Crippen LogP contribution in [0.3, 0.4) is 0 Å². The van der Waals surface area contributed by atoms with Crippen molar-refractivity contribution < 1.29 is 29.0 Å². The van der Waals surface area contributed by atoms with Crippen molar-refractivity contribution >= 4 is 17.7 Å². The summed E-state index contributed by atoms with van der Waals surface area (Å²) in [6.07, 6.45) is 3.33. The van der Waals surface area contributed by atoms with Crippen LogP contribution < -0.4 is 20.7 Å². The molecule has 1 fully saturated rings. The molecule has 4 rings (SSSR count). The zero-order chi connectivity index (χ0) is 27.9. The van der Waals surface area contributed by atoms with E-state index >= 15 is 0 Å². The molecule has 9 nitrogen and oxygen atoms in total. The van der Waals surface area contributed by atoms with Crippen LogP contribution in [0.5, 0.6) is 5.75 Å². The largest absolute Gasteiger partial charge is 0.489 e. The van der Waals surface area contributed by atoms with E-state index in [0.717, 1.165) is 24.2 Å². The number of amides is 3. The highest BCUT2D eigenvalue weighted by Crippen LogP contribution is 2.33. The van der Waals surface area contributed by atoms with Crippen molar-refractivity contribution in [2.24, 2.45) is 5.92 Å². The molecule has 0 aromatic heterocycles. The number of carbonyl (C=O) groups excluding carboxylic acids is 3. The van der Waals surface area contributed by atoms with Gasteiger partial charge in [0.1, 0.15) is 29.8 Å². The van der Waals surface area contributed by atoms with Gasteiger partial charge in [-0.3, -0.25) is 14.4 Å². The van der Waals surface area contributed by atoms with Crippen LogP contribution in [0.4, 0.5) is 4.39 Å². The van der Waals surface area contributed by atoms with Crippen molar-refractivity contribution in [2.75, 3.05) is 20.1 Å². The van der Waals surface area contributed by atoms with Crippen LogP contribution in [-0.4, -0.2) is 72.5 Å². The number of fused-ring (bicyclic) bond motifs is 1. The number of likely N-dealkylation sites (N-methyl/N-ethyl adjacent to an activating group) is 1. The van der Waals surface area contributed by atoms with Gasteiger partial charge in [-0.15, -0.1) is 0 Å². The number of carbonyl (C=O) groups is 3. The molecule has 0 bridgehead atoms. The van der Waals surface area contributed by atoms with Crippen molar-refractivity contribution in [3.05, 3.63) is 65.5 Å². The first-order valence-corrected chi connectivity index (χ1v) is 13.8. The maximum atomic E-state index is 13.5. The second-order valence-electron chi connectivity index (χ2n) is 10.7. The maximum absolute atomic E-state index is 13.5. The van der Waals surface area contributed by atoms with E-state index in [-0.39, 0.29) is 41.6 Å². The quantitative estimate of drug-likeness (QED) is 0.531. The molecule has 0 saturated heterocycles. The van der Waals surface area contributed by atoms with E-state index in [0.29, 0.717) is 31.5 Å². The van der Waals surface area contributed by atoms with Crippen LogP contribution >= 0.6 is 0 Å². The predicted molar refractivity (Wildman–Crippen MR) is 150 cm³/mol. The van der Waals surface area contributed by atoms with Gasteiger partial charge >= 0.3 is 0 Å². The van der Waals surface area contributed by atoms with Gasteiger partial charge in [-0.2, -0.15) is 0 Å². The summed E-state index contributed by atoms with van der Waals surface area (Å²) in [7, 11) is 1.62. The lowest BCUT2D eigenvalue weighted by Crippen LogP contribution is -2.57. The molecule has 1 heterocycles. The van der Waals surface area contributed by atoms with E-state index in [1.54, 1.807) is 26.1 Å². The van der Waals surface area contributed by atoms with Crippen LogP contribution in [0.1, 0.15) is 44.2 Å². The molecule has 40 heavy (non-hydrogen) atoms. The fourth-order valence-corrected chi connectivity index (χ4v) is 4.82. The zero-order valence-electron chi connectivity index (χ0n) is 23.4. The van der Waals surface area contributed by atoms with Gasteiger partial charge < -0.3 is 31.1 Å². The zero-order valence-corrected chi connectivity index (χ0v) is 23.4. The Morgan fingerprint density at radius 2 is 1.70 bits per heavy atom. The molecular formula is C30H41FN4O5. The molecule has 2 aromatic rings. The lowest BCUT2D eigenvalue weighted by molar-refractivity contribution is -0.141. The summed E-state index contributed by atoms with van der Waals surface area (Å²) >= 11 is 0. The SMILES string of the molecule is C[C@@H]1CNC(C2CC2)C(=O)N(C)[C@H](C)C(=O)N[C@H](Cc2ccc(F)cc2)C(=O)NCCCc2ccccc2O1.O. The van der Waals surface area contributed by atoms with Crippen LogP contribution in [-0.2, 0) is 27.2 Å². The molecule has 1 aliphatic heterocycles. The highest BCUT2D eigenvalue weighted by molar-refractivity contribution is 5.93. The van der Waals surface area contributed by atoms with E-state index in [1.165, 1.54) is 17.0 Å². The van der Waals surface area contributed by atoms with Gasteiger partial charge in [-0.1, -0.05) is 30.3 Å². The number of nitrogens with zero attached hydrogens (tertiary/aromatic N) is 1. The third kappa shape index (κ3) is 8.25. The average Bonchev–Trinajstić information content (AvgIpc) is 3.76. The first-order chi connectivity index (χ1) is 18.7. The number of ether oxygens (including phenoxy) is 1. The molecule has 1 unspecified atom stereocenters. The monoisotopic (exact) mass is 556 g/mol. The molecule has 0 spiro atoms. The summed E-state index contributed by atoms with van der Waals surface area (Å²) in [5.74, 6) is -0.269. The molecule has 2 aromatic carbocycles. The number of hydrogen-bond acceptors (Lipinski definition) is 5. The first-order valence-electron chi connectivity index (χ1n) is 13.8. The summed E-state index contributed by atoms with van der Waals surface area (Å²) in [6.45, 7) is 4.53. The van der Waals surface area contributed by atoms with Crippen molar-refractivity contribution in [2.45, 2.75) is 70.2 Å². The molecular weight excluding hydrogens is 515 g/mol. The normalized spacial score (nSPS) is 25.3. The molecule has 10 heteroatoms. The number of halogens is 1. The van der Waals surface area contributed by atoms with Gasteiger partial charge in [-0.05, 0) is 74.8 Å². The standard InChI is InChI=1S/C30H39FN4O4.H2O/c1-19-18-33-27(23-12-13-23)30(38)35(3)20(2)28(36)34-25(17-21-10-14-24(31)15-11-21)29(37)32-16-6-8-22-7-4-5-9-26(22)39-19;/h4-5,7,9-11,14-15,19-20,23,25,27,33H,6,8,12-13,16-18H2,1-3H3,(H,32,37)(H,34,36);1H2/t19-,20-,25-,27?;/m1./s1. The number of hydrogen-bond donors (Lipinski definition) is 3. The van der Waals surface area contributed by atoms with E-state index in [2.05, 4.69) is 16.0 Å².